The van der Waals surface area contributed by atoms with Crippen molar-refractivity contribution in [2.24, 2.45) is 5.10 Å². The van der Waals surface area contributed by atoms with E-state index in [0.29, 0.717) is 12.8 Å². The van der Waals surface area contributed by atoms with Gasteiger partial charge in [-0.05, 0) is 24.8 Å². The lowest BCUT2D eigenvalue weighted by atomic mass is 10.2. The molecule has 3 rings (SSSR count). The number of urea groups is 1. The lowest BCUT2D eigenvalue weighted by molar-refractivity contribution is 0.142. The Morgan fingerprint density at radius 3 is 2.71 bits per heavy atom. The molecular formula is C16H21N3O2. The van der Waals surface area contributed by atoms with Gasteiger partial charge in [0.25, 0.3) is 0 Å². The van der Waals surface area contributed by atoms with Crippen LogP contribution in [0.25, 0.3) is 0 Å². The van der Waals surface area contributed by atoms with Crippen molar-refractivity contribution in [3.8, 4) is 0 Å². The monoisotopic (exact) mass is 287 g/mol. The average Bonchev–Trinajstić information content (AvgIpc) is 2.96. The summed E-state index contributed by atoms with van der Waals surface area (Å²) >= 11 is 0. The van der Waals surface area contributed by atoms with Crippen LogP contribution in [0.4, 0.5) is 4.79 Å². The average molecular weight is 287 g/mol. The summed E-state index contributed by atoms with van der Waals surface area (Å²) in [5, 5.41) is 15.8. The second-order valence-electron chi connectivity index (χ2n) is 5.74. The largest absolute Gasteiger partial charge is 0.393 e. The minimum Gasteiger partial charge on any atom is -0.393 e. The van der Waals surface area contributed by atoms with Crippen molar-refractivity contribution in [1.82, 2.24) is 9.91 Å². The topological polar surface area (TPSA) is 56.1 Å². The Hall–Kier alpha value is -1.88. The fourth-order valence-electron chi connectivity index (χ4n) is 3.29. The minimum atomic E-state index is -0.332. The Morgan fingerprint density at radius 2 is 2.00 bits per heavy atom. The molecular weight excluding hydrogens is 266 g/mol. The summed E-state index contributed by atoms with van der Waals surface area (Å²) in [6, 6.07) is 9.80. The van der Waals surface area contributed by atoms with E-state index in [-0.39, 0.29) is 24.2 Å². The first kappa shape index (κ1) is 14.1. The smallest absolute Gasteiger partial charge is 0.341 e. The first-order valence-corrected chi connectivity index (χ1v) is 7.57. The highest BCUT2D eigenvalue weighted by atomic mass is 16.3. The number of rotatable bonds is 4. The highest BCUT2D eigenvalue weighted by molar-refractivity contribution is 5.83. The molecule has 1 aliphatic heterocycles. The third kappa shape index (κ3) is 2.65. The normalized spacial score (nSPS) is 28.7. The quantitative estimate of drug-likeness (QED) is 0.862. The number of hydrogen-bond acceptors (Lipinski definition) is 3. The Bertz CT molecular complexity index is 532. The van der Waals surface area contributed by atoms with E-state index in [4.69, 9.17) is 0 Å². The van der Waals surface area contributed by atoms with Crippen LogP contribution >= 0.6 is 0 Å². The Labute approximate surface area is 124 Å². The summed E-state index contributed by atoms with van der Waals surface area (Å²) in [7, 11) is 0. The van der Waals surface area contributed by atoms with Crippen LogP contribution < -0.4 is 0 Å². The van der Waals surface area contributed by atoms with Crippen molar-refractivity contribution in [3.05, 3.63) is 35.9 Å². The first-order chi connectivity index (χ1) is 10.2. The second kappa shape index (κ2) is 5.85. The summed E-state index contributed by atoms with van der Waals surface area (Å²) in [6.45, 7) is 2.79. The van der Waals surface area contributed by atoms with Gasteiger partial charge in [0.2, 0.25) is 0 Å². The number of carbonyl (C=O) groups excluding carboxylic acids is 1. The van der Waals surface area contributed by atoms with E-state index in [9.17, 15) is 9.90 Å². The summed E-state index contributed by atoms with van der Waals surface area (Å²) in [5.74, 6) is 0. The maximum Gasteiger partial charge on any atom is 0.341 e. The summed E-state index contributed by atoms with van der Waals surface area (Å²) in [4.78, 5) is 14.4. The van der Waals surface area contributed by atoms with E-state index in [1.165, 1.54) is 0 Å². The number of aliphatic hydroxyl groups excluding tert-OH is 1. The number of hydrogen-bond donors (Lipinski definition) is 1. The summed E-state index contributed by atoms with van der Waals surface area (Å²) in [6.07, 6.45) is 3.58. The van der Waals surface area contributed by atoms with Crippen LogP contribution in [-0.4, -0.2) is 52.0 Å². The summed E-state index contributed by atoms with van der Waals surface area (Å²) in [5.41, 5.74) is 0.967. The zero-order valence-electron chi connectivity index (χ0n) is 12.2. The van der Waals surface area contributed by atoms with Crippen molar-refractivity contribution in [1.29, 1.82) is 0 Å². The van der Waals surface area contributed by atoms with Gasteiger partial charge in [-0.2, -0.15) is 5.10 Å². The molecule has 0 bridgehead atoms. The standard InChI is InChI=1S/C16H21N3O2/c1-2-8-18-14-9-13(20)10-15(14)19(16(18)21)17-11-12-6-4-3-5-7-12/h3-7,11,13-15,20H,2,8-10H2,1H3. The van der Waals surface area contributed by atoms with Crippen molar-refractivity contribution < 1.29 is 9.90 Å². The zero-order valence-corrected chi connectivity index (χ0v) is 12.2. The molecule has 3 unspecified atom stereocenters. The van der Waals surface area contributed by atoms with Gasteiger partial charge in [-0.1, -0.05) is 37.3 Å². The zero-order chi connectivity index (χ0) is 14.8. The highest BCUT2D eigenvalue weighted by Gasteiger charge is 2.50. The molecule has 1 saturated heterocycles. The predicted molar refractivity (Wildman–Crippen MR) is 81.1 cm³/mol. The van der Waals surface area contributed by atoms with Gasteiger partial charge in [-0.15, -0.1) is 0 Å². The second-order valence-corrected chi connectivity index (χ2v) is 5.74. The number of amides is 2. The molecule has 0 aromatic heterocycles. The van der Waals surface area contributed by atoms with Gasteiger partial charge in [0.1, 0.15) is 0 Å². The van der Waals surface area contributed by atoms with Gasteiger partial charge in [0.05, 0.1) is 24.4 Å². The number of aliphatic hydroxyl groups is 1. The molecule has 1 heterocycles. The Kier molecular flexibility index (Phi) is 3.92. The van der Waals surface area contributed by atoms with Gasteiger partial charge < -0.3 is 10.0 Å². The maximum absolute atomic E-state index is 12.5. The molecule has 0 radical (unpaired) electrons. The van der Waals surface area contributed by atoms with Crippen molar-refractivity contribution in [3.63, 3.8) is 0 Å². The predicted octanol–water partition coefficient (Wildman–Crippen LogP) is 2.06. The van der Waals surface area contributed by atoms with E-state index >= 15 is 0 Å². The van der Waals surface area contributed by atoms with E-state index in [2.05, 4.69) is 12.0 Å². The molecule has 2 amide bonds. The van der Waals surface area contributed by atoms with Gasteiger partial charge in [-0.3, -0.25) is 0 Å². The molecule has 1 aromatic rings. The minimum absolute atomic E-state index is 0.000915. The fourth-order valence-corrected chi connectivity index (χ4v) is 3.29. The molecule has 5 nitrogen and oxygen atoms in total. The highest BCUT2D eigenvalue weighted by Crippen LogP contribution is 2.35. The van der Waals surface area contributed by atoms with Crippen LogP contribution in [0.2, 0.25) is 0 Å². The molecule has 1 aliphatic carbocycles. The van der Waals surface area contributed by atoms with Gasteiger partial charge >= 0.3 is 6.03 Å². The molecule has 1 N–H and O–H groups in total. The molecule has 21 heavy (non-hydrogen) atoms. The first-order valence-electron chi connectivity index (χ1n) is 7.57. The van der Waals surface area contributed by atoms with Crippen molar-refractivity contribution in [2.75, 3.05) is 6.54 Å². The summed E-state index contributed by atoms with van der Waals surface area (Å²) < 4.78 is 0. The van der Waals surface area contributed by atoms with Crippen LogP contribution in [0.15, 0.2) is 35.4 Å². The maximum atomic E-state index is 12.5. The number of benzene rings is 1. The van der Waals surface area contributed by atoms with Crippen LogP contribution in [-0.2, 0) is 0 Å². The van der Waals surface area contributed by atoms with Crippen LogP contribution in [0.1, 0.15) is 31.7 Å². The lowest BCUT2D eigenvalue weighted by Crippen LogP contribution is -2.35. The number of fused-ring (bicyclic) bond motifs is 1. The number of carbonyl (C=O) groups is 1. The Morgan fingerprint density at radius 1 is 1.29 bits per heavy atom. The number of hydrazone groups is 1. The molecule has 3 atom stereocenters. The molecule has 1 saturated carbocycles. The van der Waals surface area contributed by atoms with Crippen LogP contribution in [0, 0.1) is 0 Å². The third-order valence-electron chi connectivity index (χ3n) is 4.22. The molecule has 2 fully saturated rings. The van der Waals surface area contributed by atoms with Crippen molar-refractivity contribution >= 4 is 12.2 Å². The van der Waals surface area contributed by atoms with E-state index < -0.39 is 0 Å². The SMILES string of the molecule is CCCN1C(=O)N(N=Cc2ccccc2)C2CC(O)CC21. The van der Waals surface area contributed by atoms with Gasteiger partial charge in [-0.25, -0.2) is 9.80 Å². The molecule has 2 aliphatic rings. The van der Waals surface area contributed by atoms with E-state index in [1.54, 1.807) is 11.2 Å². The van der Waals surface area contributed by atoms with E-state index in [0.717, 1.165) is 18.5 Å². The molecule has 112 valence electrons. The molecule has 1 aromatic carbocycles. The van der Waals surface area contributed by atoms with Gasteiger partial charge in [0, 0.05) is 6.54 Å². The lowest BCUT2D eigenvalue weighted by Gasteiger charge is -2.21. The van der Waals surface area contributed by atoms with Crippen LogP contribution in [0.5, 0.6) is 0 Å². The van der Waals surface area contributed by atoms with Crippen molar-refractivity contribution in [2.45, 2.75) is 44.4 Å². The molecule has 5 heteroatoms. The van der Waals surface area contributed by atoms with Gasteiger partial charge in [0.15, 0.2) is 0 Å². The van der Waals surface area contributed by atoms with Crippen LogP contribution in [0.3, 0.4) is 0 Å². The third-order valence-corrected chi connectivity index (χ3v) is 4.22. The Balaban J connectivity index is 1.80. The fraction of sp³-hybridized carbons (Fsp3) is 0.500. The number of nitrogens with zero attached hydrogens (tertiary/aromatic N) is 3. The molecule has 0 spiro atoms. The van der Waals surface area contributed by atoms with E-state index in [1.807, 2.05) is 35.2 Å².